The second-order valence-electron chi connectivity index (χ2n) is 23.1. The van der Waals surface area contributed by atoms with Crippen LogP contribution in [0.4, 0.5) is 0 Å². The molecular formula is C78H76Cl3N3O12. The molecule has 0 spiro atoms. The molecule has 3 amide bonds. The number of methoxy groups -OCH3 is 2. The lowest BCUT2D eigenvalue weighted by Crippen LogP contribution is -2.25. The number of fused-ring (bicyclic) bond motifs is 3. The summed E-state index contributed by atoms with van der Waals surface area (Å²) in [6.07, 6.45) is 0.113. The van der Waals surface area contributed by atoms with Crippen molar-refractivity contribution in [1.29, 1.82) is 0 Å². The van der Waals surface area contributed by atoms with E-state index in [1.165, 1.54) is 19.1 Å². The van der Waals surface area contributed by atoms with Crippen LogP contribution in [0.1, 0.15) is 133 Å². The molecule has 0 radical (unpaired) electrons. The van der Waals surface area contributed by atoms with E-state index in [0.29, 0.717) is 58.8 Å². The van der Waals surface area contributed by atoms with E-state index in [2.05, 4.69) is 35.6 Å². The molecule has 0 saturated heterocycles. The highest BCUT2D eigenvalue weighted by Crippen LogP contribution is 2.40. The molecule has 3 unspecified atom stereocenters. The summed E-state index contributed by atoms with van der Waals surface area (Å²) in [5.41, 5.74) is 16.9. The van der Waals surface area contributed by atoms with Crippen molar-refractivity contribution < 1.29 is 57.6 Å². The van der Waals surface area contributed by atoms with Crippen molar-refractivity contribution in [3.8, 4) is 50.6 Å². The Hall–Kier alpha value is -9.93. The number of ether oxygens (including phenoxy) is 5. The van der Waals surface area contributed by atoms with Gasteiger partial charge in [-0.15, -0.1) is 0 Å². The maximum absolute atomic E-state index is 12.7. The third-order valence-electron chi connectivity index (χ3n) is 16.8. The molecule has 0 aromatic heterocycles. The number of aliphatic carboxylic acids is 1. The highest BCUT2D eigenvalue weighted by Gasteiger charge is 2.37. The van der Waals surface area contributed by atoms with Gasteiger partial charge >= 0.3 is 17.9 Å². The molecule has 96 heavy (non-hydrogen) atoms. The lowest BCUT2D eigenvalue weighted by atomic mass is 9.99. The Kier molecular flexibility index (Phi) is 24.0. The number of rotatable bonds is 18. The highest BCUT2D eigenvalue weighted by molar-refractivity contribution is 6.31. The third kappa shape index (κ3) is 16.9. The maximum Gasteiger partial charge on any atom is 0.307 e. The number of nitrogens with zero attached hydrogens (tertiary/aromatic N) is 2. The van der Waals surface area contributed by atoms with Crippen LogP contribution in [0, 0.1) is 20.8 Å². The Balaban J connectivity index is 0.000000182. The number of carbonyl (C=O) groups excluding carboxylic acids is 5. The van der Waals surface area contributed by atoms with Crippen LogP contribution in [0.3, 0.4) is 0 Å². The molecule has 12 rings (SSSR count). The van der Waals surface area contributed by atoms with Crippen LogP contribution in [0.5, 0.6) is 17.2 Å². The summed E-state index contributed by atoms with van der Waals surface area (Å²) in [4.78, 5) is 75.0. The van der Waals surface area contributed by atoms with Crippen molar-refractivity contribution >= 4 is 70.4 Å². The predicted molar refractivity (Wildman–Crippen MR) is 376 cm³/mol. The van der Waals surface area contributed by atoms with Crippen LogP contribution in [-0.2, 0) is 43.7 Å². The van der Waals surface area contributed by atoms with Gasteiger partial charge in [0.25, 0.3) is 17.7 Å². The van der Waals surface area contributed by atoms with Crippen molar-refractivity contribution in [3.05, 3.63) is 264 Å². The van der Waals surface area contributed by atoms with Gasteiger partial charge in [0, 0.05) is 45.9 Å². The Morgan fingerprint density at radius 1 is 0.438 bits per heavy atom. The number of hydrogen-bond acceptors (Lipinski definition) is 11. The Morgan fingerprint density at radius 2 is 0.792 bits per heavy atom. The zero-order valence-corrected chi connectivity index (χ0v) is 55.0. The van der Waals surface area contributed by atoms with E-state index in [4.69, 9.17) is 63.6 Å². The second-order valence-corrected chi connectivity index (χ2v) is 24.4. The third-order valence-corrected chi connectivity index (χ3v) is 17.5. The van der Waals surface area contributed by atoms with Gasteiger partial charge in [-0.05, 0) is 195 Å². The first kappa shape index (κ1) is 71.9. The number of carboxylic acid groups (broad SMARTS) is 1. The van der Waals surface area contributed by atoms with Crippen LogP contribution < -0.4 is 19.5 Å². The molecule has 9 aromatic carbocycles. The molecule has 0 saturated carbocycles. The van der Waals surface area contributed by atoms with Gasteiger partial charge in [-0.1, -0.05) is 141 Å². The van der Waals surface area contributed by atoms with Crippen molar-refractivity contribution in [2.24, 2.45) is 0 Å². The molecule has 0 fully saturated rings. The smallest absolute Gasteiger partial charge is 0.307 e. The van der Waals surface area contributed by atoms with Gasteiger partial charge in [-0.25, -0.2) is 0 Å². The van der Waals surface area contributed by atoms with Crippen LogP contribution in [0.25, 0.3) is 33.4 Å². The minimum Gasteiger partial charge on any atom is -0.489 e. The minimum absolute atomic E-state index is 0. The first-order valence-corrected chi connectivity index (χ1v) is 31.4. The van der Waals surface area contributed by atoms with Gasteiger partial charge in [0.15, 0.2) is 0 Å². The summed E-state index contributed by atoms with van der Waals surface area (Å²) in [6, 6.07) is 56.9. The van der Waals surface area contributed by atoms with E-state index in [9.17, 15) is 28.8 Å². The van der Waals surface area contributed by atoms with E-state index in [-0.39, 0.29) is 75.9 Å². The van der Waals surface area contributed by atoms with Crippen molar-refractivity contribution in [2.45, 2.75) is 92.8 Å². The molecule has 18 heteroatoms. The van der Waals surface area contributed by atoms with Crippen LogP contribution >= 0.6 is 34.8 Å². The fourth-order valence-corrected chi connectivity index (χ4v) is 12.6. The summed E-state index contributed by atoms with van der Waals surface area (Å²) in [5, 5.41) is 14.1. The van der Waals surface area contributed by atoms with Crippen LogP contribution in [-0.4, -0.2) is 78.9 Å². The van der Waals surface area contributed by atoms with E-state index >= 15 is 0 Å². The zero-order chi connectivity index (χ0) is 66.9. The molecule has 3 aliphatic heterocycles. The first-order valence-electron chi connectivity index (χ1n) is 30.2. The molecule has 3 heterocycles. The van der Waals surface area contributed by atoms with E-state index in [1.54, 1.807) is 49.3 Å². The first-order chi connectivity index (χ1) is 45.1. The minimum atomic E-state index is -0.936. The number of esters is 2. The lowest BCUT2D eigenvalue weighted by Gasteiger charge is -2.19. The number of hydrogen-bond donors (Lipinski definition) is 2. The van der Waals surface area contributed by atoms with Gasteiger partial charge < -0.3 is 43.9 Å². The van der Waals surface area contributed by atoms with Gasteiger partial charge in [0.2, 0.25) is 0 Å². The number of halogens is 3. The molecule has 9 aromatic rings. The highest BCUT2D eigenvalue weighted by atomic mass is 35.5. The fourth-order valence-electron chi connectivity index (χ4n) is 11.9. The monoisotopic (exact) mass is 1350 g/mol. The van der Waals surface area contributed by atoms with E-state index < -0.39 is 12.0 Å². The lowest BCUT2D eigenvalue weighted by molar-refractivity contribution is -0.142. The molecule has 496 valence electrons. The van der Waals surface area contributed by atoms with Crippen molar-refractivity contribution in [3.63, 3.8) is 0 Å². The zero-order valence-electron chi connectivity index (χ0n) is 52.8. The summed E-state index contributed by atoms with van der Waals surface area (Å²) < 4.78 is 27.4. The average Bonchev–Trinajstić information content (AvgIpc) is 1.63. The predicted octanol–water partition coefficient (Wildman–Crippen LogP) is 17.6. The van der Waals surface area contributed by atoms with Crippen LogP contribution in [0.15, 0.2) is 182 Å². The molecular weight excluding hydrogens is 1280 g/mol. The Labute approximate surface area is 575 Å². The van der Waals surface area contributed by atoms with Gasteiger partial charge in [-0.2, -0.15) is 0 Å². The fraction of sp³-hybridized carbons (Fsp3) is 0.231. The summed E-state index contributed by atoms with van der Waals surface area (Å²) in [5.74, 6) is -0.398. The quantitative estimate of drug-likeness (QED) is 0.0775. The van der Waals surface area contributed by atoms with Crippen LogP contribution in [0.2, 0.25) is 15.1 Å². The molecule has 3 aliphatic rings. The maximum atomic E-state index is 12.7. The molecule has 0 bridgehead atoms. The van der Waals surface area contributed by atoms with E-state index in [1.807, 2.05) is 142 Å². The SMILES string of the molecule is C.C.COC(=O)CC1NC(=O)c2cc(OCc3cccc(-c4ccc(Cl)cc4C)c3)ccc21.COC(=O)CC1c2ccc(OCc3cccc(-c4ccc(Cl)cc4C)c3)cc2C(=O)N1C.Cc1cc(Cl)ccc1-c1cccc(COc2ccc3c(c2)C(=O)N(C)C3CC(=O)O)c1. The van der Waals surface area contributed by atoms with Gasteiger partial charge in [0.1, 0.15) is 37.1 Å². The van der Waals surface area contributed by atoms with Crippen molar-refractivity contribution in [2.75, 3.05) is 28.3 Å². The summed E-state index contributed by atoms with van der Waals surface area (Å²) in [7, 11) is 6.00. The Bertz CT molecular complexity index is 4400. The number of nitrogens with one attached hydrogen (secondary N) is 1. The summed E-state index contributed by atoms with van der Waals surface area (Å²) >= 11 is 18.2. The number of aryl methyl sites for hydroxylation is 3. The number of amides is 3. The number of carbonyl (C=O) groups is 6. The van der Waals surface area contributed by atoms with Gasteiger partial charge in [0.05, 0.1) is 51.6 Å². The number of carboxylic acids is 1. The topological polar surface area (TPSA) is 187 Å². The molecule has 2 N–H and O–H groups in total. The molecule has 0 aliphatic carbocycles. The second kappa shape index (κ2) is 32.0. The molecule has 15 nitrogen and oxygen atoms in total. The van der Waals surface area contributed by atoms with E-state index in [0.717, 1.165) is 93.5 Å². The van der Waals surface area contributed by atoms with Gasteiger partial charge in [-0.3, -0.25) is 28.8 Å². The number of benzene rings is 9. The van der Waals surface area contributed by atoms with Crippen molar-refractivity contribution in [1.82, 2.24) is 15.1 Å². The largest absolute Gasteiger partial charge is 0.489 e. The average molecular weight is 1350 g/mol. The standard InChI is InChI=1S/C26H24ClNO4.2C25H22ClNO4.2CH4/c1-16-11-19(27)7-9-21(16)18-6-4-5-17(12-18)15-32-20-8-10-22-23(13-20)26(30)28(2)24(22)14-25(29)31-3;1-15-10-18(26)6-8-20(15)17-5-3-4-16(11-17)14-31-19-7-9-21-22(12-19)25(29)27-23(21)13-24(28)30-2;1-15-10-18(26)6-8-20(15)17-5-3-4-16(11-17)14-31-19-7-9-21-22(12-19)25(30)27(2)23(21)13-24(28)29;;/h4-13,24H,14-15H2,1-3H3;3-12,23H,13-14H2,1-2H3,(H,27,29);3-12,23H,13-14H2,1-2H3,(H,28,29);2*1H4. The normalized spacial score (nSPS) is 14.6. The molecule has 3 atom stereocenters. The Morgan fingerprint density at radius 3 is 1.16 bits per heavy atom. The summed E-state index contributed by atoms with van der Waals surface area (Å²) in [6.45, 7) is 7.19.